The smallest absolute Gasteiger partial charge is 0.344 e. The summed E-state index contributed by atoms with van der Waals surface area (Å²) in [6.07, 6.45) is 0. The van der Waals surface area contributed by atoms with E-state index in [0.717, 1.165) is 22.1 Å². The summed E-state index contributed by atoms with van der Waals surface area (Å²) in [5.74, 6) is 1.61. The molecule has 22 heavy (non-hydrogen) atoms. The van der Waals surface area contributed by atoms with Crippen molar-refractivity contribution in [1.82, 2.24) is 0 Å². The second-order valence-electron chi connectivity index (χ2n) is 5.51. The Bertz CT molecular complexity index is 906. The molecule has 1 heterocycles. The second kappa shape index (κ2) is 5.37. The third-order valence-electron chi connectivity index (χ3n) is 3.88. The van der Waals surface area contributed by atoms with Crippen LogP contribution in [0.2, 0.25) is 0 Å². The first-order valence-electron chi connectivity index (χ1n) is 7.18. The highest BCUT2D eigenvalue weighted by atomic mass is 16.5. The molecule has 0 spiro atoms. The molecule has 0 bridgehead atoms. The van der Waals surface area contributed by atoms with Gasteiger partial charge in [-0.3, -0.25) is 0 Å². The van der Waals surface area contributed by atoms with Crippen LogP contribution < -0.4 is 15.1 Å². The van der Waals surface area contributed by atoms with E-state index in [4.69, 9.17) is 13.9 Å². The lowest BCUT2D eigenvalue weighted by Gasteiger charge is -2.14. The number of hydrogen-bond donors (Lipinski definition) is 0. The van der Waals surface area contributed by atoms with E-state index in [1.807, 2.05) is 32.0 Å². The number of benzene rings is 2. The van der Waals surface area contributed by atoms with E-state index < -0.39 is 0 Å². The van der Waals surface area contributed by atoms with Gasteiger partial charge in [0.05, 0.1) is 19.6 Å². The fraction of sp³-hybridized carbons (Fsp3) is 0.278. The summed E-state index contributed by atoms with van der Waals surface area (Å²) in [4.78, 5) is 12.3. The van der Waals surface area contributed by atoms with E-state index >= 15 is 0 Å². The van der Waals surface area contributed by atoms with Crippen molar-refractivity contribution < 1.29 is 13.9 Å². The third-order valence-corrected chi connectivity index (χ3v) is 3.88. The average Bonchev–Trinajstić information content (AvgIpc) is 2.53. The highest BCUT2D eigenvalue weighted by Gasteiger charge is 2.17. The maximum absolute atomic E-state index is 12.3. The fourth-order valence-electron chi connectivity index (χ4n) is 2.83. The van der Waals surface area contributed by atoms with Crippen LogP contribution in [-0.2, 0) is 0 Å². The summed E-state index contributed by atoms with van der Waals surface area (Å²) in [5.41, 5.74) is 1.14. The van der Waals surface area contributed by atoms with Crippen molar-refractivity contribution in [2.45, 2.75) is 19.8 Å². The molecule has 4 heteroatoms. The van der Waals surface area contributed by atoms with Crippen LogP contribution in [0.25, 0.3) is 21.7 Å². The first-order chi connectivity index (χ1) is 10.6. The molecule has 0 amide bonds. The first-order valence-corrected chi connectivity index (χ1v) is 7.18. The Kier molecular flexibility index (Phi) is 3.53. The van der Waals surface area contributed by atoms with Gasteiger partial charge in [0.1, 0.15) is 17.1 Å². The van der Waals surface area contributed by atoms with Gasteiger partial charge < -0.3 is 13.9 Å². The van der Waals surface area contributed by atoms with E-state index in [1.54, 1.807) is 26.4 Å². The van der Waals surface area contributed by atoms with Crippen LogP contribution >= 0.6 is 0 Å². The van der Waals surface area contributed by atoms with Gasteiger partial charge in [0.15, 0.2) is 0 Å². The van der Waals surface area contributed by atoms with Gasteiger partial charge in [-0.1, -0.05) is 13.8 Å². The molecule has 2 aromatic carbocycles. The molecule has 0 unspecified atom stereocenters. The quantitative estimate of drug-likeness (QED) is 0.540. The average molecular weight is 298 g/mol. The van der Waals surface area contributed by atoms with E-state index in [1.165, 1.54) is 0 Å². The Morgan fingerprint density at radius 2 is 1.68 bits per heavy atom. The SMILES string of the molecule is COc1ccc2c(=O)oc3c(C(C)C)c(OC)ccc3c2c1. The lowest BCUT2D eigenvalue weighted by molar-refractivity contribution is 0.406. The Balaban J connectivity index is 2.52. The van der Waals surface area contributed by atoms with Crippen LogP contribution in [0.5, 0.6) is 11.5 Å². The second-order valence-corrected chi connectivity index (χ2v) is 5.51. The number of ether oxygens (including phenoxy) is 2. The molecule has 3 aromatic rings. The summed E-state index contributed by atoms with van der Waals surface area (Å²) >= 11 is 0. The summed E-state index contributed by atoms with van der Waals surface area (Å²) < 4.78 is 16.3. The molecule has 0 aliphatic rings. The number of methoxy groups -OCH3 is 2. The minimum absolute atomic E-state index is 0.171. The van der Waals surface area contributed by atoms with E-state index in [2.05, 4.69) is 0 Å². The molecule has 0 radical (unpaired) electrons. The van der Waals surface area contributed by atoms with Crippen molar-refractivity contribution in [3.05, 3.63) is 46.3 Å². The van der Waals surface area contributed by atoms with Crippen molar-refractivity contribution in [3.63, 3.8) is 0 Å². The maximum Gasteiger partial charge on any atom is 0.344 e. The van der Waals surface area contributed by atoms with Crippen LogP contribution in [0.1, 0.15) is 25.3 Å². The zero-order chi connectivity index (χ0) is 15.9. The van der Waals surface area contributed by atoms with Gasteiger partial charge in [-0.15, -0.1) is 0 Å². The highest BCUT2D eigenvalue weighted by Crippen LogP contribution is 2.36. The summed E-state index contributed by atoms with van der Waals surface area (Å²) in [6, 6.07) is 9.20. The lowest BCUT2D eigenvalue weighted by Crippen LogP contribution is -2.03. The molecule has 3 rings (SSSR count). The Morgan fingerprint density at radius 1 is 0.955 bits per heavy atom. The minimum Gasteiger partial charge on any atom is -0.497 e. The van der Waals surface area contributed by atoms with Gasteiger partial charge in [-0.05, 0) is 36.2 Å². The molecular formula is C18H18O4. The summed E-state index contributed by atoms with van der Waals surface area (Å²) in [5, 5.41) is 2.27. The molecule has 0 atom stereocenters. The predicted octanol–water partition coefficient (Wildman–Crippen LogP) is 4.09. The standard InChI is InChI=1S/C18H18O4/c1-10(2)16-15(21-4)8-7-12-14-9-11(20-3)5-6-13(14)18(19)22-17(12)16/h5-10H,1-4H3. The van der Waals surface area contributed by atoms with Gasteiger partial charge >= 0.3 is 5.63 Å². The Morgan fingerprint density at radius 3 is 2.32 bits per heavy atom. The van der Waals surface area contributed by atoms with Gasteiger partial charge in [-0.2, -0.15) is 0 Å². The van der Waals surface area contributed by atoms with Crippen LogP contribution in [-0.4, -0.2) is 14.2 Å². The van der Waals surface area contributed by atoms with Crippen molar-refractivity contribution in [2.75, 3.05) is 14.2 Å². The van der Waals surface area contributed by atoms with Crippen molar-refractivity contribution in [2.24, 2.45) is 0 Å². The monoisotopic (exact) mass is 298 g/mol. The van der Waals surface area contributed by atoms with Crippen LogP contribution in [0.15, 0.2) is 39.5 Å². The number of rotatable bonds is 3. The van der Waals surface area contributed by atoms with Crippen molar-refractivity contribution in [3.8, 4) is 11.5 Å². The molecule has 0 saturated heterocycles. The van der Waals surface area contributed by atoms with E-state index in [-0.39, 0.29) is 11.5 Å². The zero-order valence-electron chi connectivity index (χ0n) is 13.1. The van der Waals surface area contributed by atoms with Crippen LogP contribution in [0, 0.1) is 0 Å². The molecule has 0 saturated carbocycles. The van der Waals surface area contributed by atoms with Crippen molar-refractivity contribution >= 4 is 21.7 Å². The lowest BCUT2D eigenvalue weighted by atomic mass is 9.97. The van der Waals surface area contributed by atoms with Gasteiger partial charge in [0.2, 0.25) is 0 Å². The van der Waals surface area contributed by atoms with Gasteiger partial charge in [0.25, 0.3) is 0 Å². The molecule has 0 aliphatic heterocycles. The number of hydrogen-bond acceptors (Lipinski definition) is 4. The number of fused-ring (bicyclic) bond motifs is 3. The zero-order valence-corrected chi connectivity index (χ0v) is 13.1. The Hall–Kier alpha value is -2.49. The highest BCUT2D eigenvalue weighted by molar-refractivity contribution is 6.06. The molecule has 0 aliphatic carbocycles. The van der Waals surface area contributed by atoms with E-state index in [0.29, 0.717) is 16.7 Å². The molecule has 0 fully saturated rings. The predicted molar refractivity (Wildman–Crippen MR) is 87.2 cm³/mol. The molecule has 0 N–H and O–H groups in total. The topological polar surface area (TPSA) is 48.7 Å². The summed E-state index contributed by atoms with van der Waals surface area (Å²) in [6.45, 7) is 4.10. The van der Waals surface area contributed by atoms with E-state index in [9.17, 15) is 4.79 Å². The van der Waals surface area contributed by atoms with Crippen LogP contribution in [0.3, 0.4) is 0 Å². The Labute approximate surface area is 128 Å². The molecule has 1 aromatic heterocycles. The van der Waals surface area contributed by atoms with Crippen LogP contribution in [0.4, 0.5) is 0 Å². The summed E-state index contributed by atoms with van der Waals surface area (Å²) in [7, 11) is 3.23. The maximum atomic E-state index is 12.3. The van der Waals surface area contributed by atoms with Gasteiger partial charge in [0, 0.05) is 16.3 Å². The molecule has 4 nitrogen and oxygen atoms in total. The fourth-order valence-corrected chi connectivity index (χ4v) is 2.83. The molecule has 114 valence electrons. The largest absolute Gasteiger partial charge is 0.497 e. The minimum atomic E-state index is -0.347. The van der Waals surface area contributed by atoms with Crippen molar-refractivity contribution in [1.29, 1.82) is 0 Å². The molecular weight excluding hydrogens is 280 g/mol. The normalized spacial score (nSPS) is 11.3. The first kappa shape index (κ1) is 14.4. The van der Waals surface area contributed by atoms with Gasteiger partial charge in [-0.25, -0.2) is 4.79 Å². The third kappa shape index (κ3) is 2.11.